The van der Waals surface area contributed by atoms with Gasteiger partial charge in [0.25, 0.3) is 11.5 Å². The zero-order valence-corrected chi connectivity index (χ0v) is 24.2. The number of anilines is 1. The summed E-state index contributed by atoms with van der Waals surface area (Å²) in [5.41, 5.74) is 1.78. The van der Waals surface area contributed by atoms with Crippen molar-refractivity contribution >= 4 is 56.2 Å². The normalized spacial score (nSPS) is 14.0. The lowest BCUT2D eigenvalue weighted by atomic mass is 9.88. The number of benzene rings is 3. The monoisotopic (exact) mass is 622 g/mol. The number of aromatic nitrogens is 2. The number of ether oxygens (including phenoxy) is 2. The second-order valence-electron chi connectivity index (χ2n) is 9.56. The van der Waals surface area contributed by atoms with Gasteiger partial charge in [-0.3, -0.25) is 9.59 Å². The molecule has 0 aliphatic heterocycles. The minimum Gasteiger partial charge on any atom is -0.493 e. The minimum atomic E-state index is -0.333. The van der Waals surface area contributed by atoms with Gasteiger partial charge in [0.2, 0.25) is 0 Å². The Hall–Kier alpha value is -3.69. The molecule has 0 atom stereocenters. The molecule has 1 fully saturated rings. The van der Waals surface area contributed by atoms with E-state index in [0.29, 0.717) is 49.0 Å². The first-order valence-electron chi connectivity index (χ1n) is 13.0. The number of rotatable bonds is 8. The molecule has 1 heterocycles. The van der Waals surface area contributed by atoms with E-state index in [4.69, 9.17) is 26.1 Å². The van der Waals surface area contributed by atoms with Crippen molar-refractivity contribution in [2.45, 2.75) is 38.0 Å². The van der Waals surface area contributed by atoms with Gasteiger partial charge >= 0.3 is 0 Å². The fraction of sp³-hybridized carbons (Fsp3) is 0.267. The van der Waals surface area contributed by atoms with Crippen LogP contribution >= 0.6 is 27.5 Å². The Morgan fingerprint density at radius 2 is 1.90 bits per heavy atom. The van der Waals surface area contributed by atoms with Crippen molar-refractivity contribution < 1.29 is 14.3 Å². The molecule has 1 aliphatic rings. The second kappa shape index (κ2) is 12.7. The number of methoxy groups -OCH3 is 1. The number of carbonyl (C=O) groups is 1. The number of amides is 1. The smallest absolute Gasteiger partial charge is 0.282 e. The van der Waals surface area contributed by atoms with Gasteiger partial charge in [-0.05, 0) is 82.9 Å². The molecule has 1 saturated carbocycles. The summed E-state index contributed by atoms with van der Waals surface area (Å²) >= 11 is 9.42. The van der Waals surface area contributed by atoms with Crippen LogP contribution in [-0.4, -0.2) is 35.5 Å². The first-order chi connectivity index (χ1) is 19.4. The van der Waals surface area contributed by atoms with Gasteiger partial charge in [0.15, 0.2) is 18.1 Å². The summed E-state index contributed by atoms with van der Waals surface area (Å²) in [7, 11) is 1.52. The van der Waals surface area contributed by atoms with Gasteiger partial charge in [-0.25, -0.2) is 4.98 Å². The fourth-order valence-electron chi connectivity index (χ4n) is 4.82. The summed E-state index contributed by atoms with van der Waals surface area (Å²) in [5.74, 6) is 1.32. The van der Waals surface area contributed by atoms with Crippen molar-refractivity contribution in [2.75, 3.05) is 19.0 Å². The van der Waals surface area contributed by atoms with Crippen molar-refractivity contribution in [3.63, 3.8) is 0 Å². The Kier molecular flexibility index (Phi) is 8.81. The minimum absolute atomic E-state index is 0.180. The summed E-state index contributed by atoms with van der Waals surface area (Å²) in [6.07, 6.45) is 6.99. The second-order valence-corrected chi connectivity index (χ2v) is 10.9. The molecule has 40 heavy (non-hydrogen) atoms. The van der Waals surface area contributed by atoms with Gasteiger partial charge in [-0.1, -0.05) is 43.0 Å². The van der Waals surface area contributed by atoms with Crippen LogP contribution in [0.15, 0.2) is 75.0 Å². The van der Waals surface area contributed by atoms with E-state index >= 15 is 0 Å². The maximum absolute atomic E-state index is 13.5. The predicted molar refractivity (Wildman–Crippen MR) is 161 cm³/mol. The molecule has 1 N–H and O–H groups in total. The average Bonchev–Trinajstić information content (AvgIpc) is 2.97. The molecule has 0 radical (unpaired) electrons. The average molecular weight is 624 g/mol. The molecule has 206 valence electrons. The lowest BCUT2D eigenvalue weighted by Gasteiger charge is -2.22. The Morgan fingerprint density at radius 3 is 2.65 bits per heavy atom. The third-order valence-electron chi connectivity index (χ3n) is 6.80. The molecule has 1 aromatic heterocycles. The van der Waals surface area contributed by atoms with Gasteiger partial charge in [-0.2, -0.15) is 9.78 Å². The number of nitrogens with zero attached hydrogens (tertiary/aromatic N) is 3. The molecule has 4 aromatic rings. The van der Waals surface area contributed by atoms with Crippen molar-refractivity contribution in [2.24, 2.45) is 5.10 Å². The molecule has 1 aliphatic carbocycles. The molecule has 0 spiro atoms. The highest BCUT2D eigenvalue weighted by Gasteiger charge is 2.22. The van der Waals surface area contributed by atoms with E-state index in [1.807, 2.05) is 18.2 Å². The molecule has 1 amide bonds. The van der Waals surface area contributed by atoms with Crippen LogP contribution in [0.4, 0.5) is 5.69 Å². The van der Waals surface area contributed by atoms with Crippen molar-refractivity contribution in [1.82, 2.24) is 9.66 Å². The first kappa shape index (κ1) is 27.9. The zero-order chi connectivity index (χ0) is 28.1. The van der Waals surface area contributed by atoms with Crippen LogP contribution in [-0.2, 0) is 4.79 Å². The summed E-state index contributed by atoms with van der Waals surface area (Å²) in [6.45, 7) is -0.228. The molecule has 8 nitrogen and oxygen atoms in total. The number of fused-ring (bicyclic) bond motifs is 1. The van der Waals surface area contributed by atoms with E-state index in [1.54, 1.807) is 48.7 Å². The molecular weight excluding hydrogens is 596 g/mol. The number of hydrogen-bond donors (Lipinski definition) is 1. The number of carbonyl (C=O) groups excluding carboxylic acids is 1. The highest BCUT2D eigenvalue weighted by atomic mass is 79.9. The Bertz CT molecular complexity index is 1620. The molecule has 0 bridgehead atoms. The standard InChI is InChI=1S/C30H28BrClN4O4/c1-39-26-16-19(15-24(31)28(26)40-18-27(37)34-22-13-11-21(32)12-14-22)17-33-36-29(20-7-3-2-4-8-20)35-25-10-6-5-9-23(25)30(36)38/h5-6,9-17,20H,2-4,7-8,18H2,1H3,(H,34,37). The summed E-state index contributed by atoms with van der Waals surface area (Å²) in [5, 5.41) is 8.47. The molecule has 0 unspecified atom stereocenters. The summed E-state index contributed by atoms with van der Waals surface area (Å²) in [6, 6.07) is 17.7. The molecule has 3 aromatic carbocycles. The molecule has 5 rings (SSSR count). The van der Waals surface area contributed by atoms with Gasteiger partial charge in [0, 0.05) is 16.6 Å². The highest BCUT2D eigenvalue weighted by molar-refractivity contribution is 9.10. The maximum Gasteiger partial charge on any atom is 0.282 e. The van der Waals surface area contributed by atoms with Crippen LogP contribution in [0.1, 0.15) is 49.4 Å². The van der Waals surface area contributed by atoms with E-state index in [9.17, 15) is 9.59 Å². The Labute approximate surface area is 245 Å². The molecular formula is C30H28BrClN4O4. The Morgan fingerprint density at radius 1 is 1.15 bits per heavy atom. The van der Waals surface area contributed by atoms with Crippen LogP contribution in [0, 0.1) is 0 Å². The highest BCUT2D eigenvalue weighted by Crippen LogP contribution is 2.36. The largest absolute Gasteiger partial charge is 0.493 e. The number of hydrogen-bond acceptors (Lipinski definition) is 6. The van der Waals surface area contributed by atoms with Crippen LogP contribution in [0.2, 0.25) is 5.02 Å². The molecule has 10 heteroatoms. The van der Waals surface area contributed by atoms with Crippen molar-refractivity contribution in [1.29, 1.82) is 0 Å². The fourth-order valence-corrected chi connectivity index (χ4v) is 5.52. The maximum atomic E-state index is 13.5. The van der Waals surface area contributed by atoms with Crippen molar-refractivity contribution in [3.8, 4) is 11.5 Å². The van der Waals surface area contributed by atoms with E-state index in [1.165, 1.54) is 18.2 Å². The third kappa shape index (κ3) is 6.37. The zero-order valence-electron chi connectivity index (χ0n) is 21.9. The number of nitrogens with one attached hydrogen (secondary N) is 1. The number of para-hydroxylation sites is 1. The van der Waals surface area contributed by atoms with Crippen LogP contribution < -0.4 is 20.3 Å². The predicted octanol–water partition coefficient (Wildman–Crippen LogP) is 6.77. The van der Waals surface area contributed by atoms with E-state index in [2.05, 4.69) is 26.3 Å². The SMILES string of the molecule is COc1cc(C=Nn2c(C3CCCCC3)nc3ccccc3c2=O)cc(Br)c1OCC(=O)Nc1ccc(Cl)cc1. The Balaban J connectivity index is 1.39. The summed E-state index contributed by atoms with van der Waals surface area (Å²) in [4.78, 5) is 30.7. The lowest BCUT2D eigenvalue weighted by molar-refractivity contribution is -0.118. The first-order valence-corrected chi connectivity index (χ1v) is 14.2. The van der Waals surface area contributed by atoms with Crippen LogP contribution in [0.3, 0.4) is 0 Å². The quantitative estimate of drug-likeness (QED) is 0.219. The van der Waals surface area contributed by atoms with Gasteiger partial charge in [-0.15, -0.1) is 0 Å². The summed E-state index contributed by atoms with van der Waals surface area (Å²) < 4.78 is 13.3. The third-order valence-corrected chi connectivity index (χ3v) is 7.64. The molecule has 0 saturated heterocycles. The van der Waals surface area contributed by atoms with Crippen LogP contribution in [0.5, 0.6) is 11.5 Å². The van der Waals surface area contributed by atoms with Gasteiger partial charge < -0.3 is 14.8 Å². The van der Waals surface area contributed by atoms with Crippen LogP contribution in [0.25, 0.3) is 10.9 Å². The van der Waals surface area contributed by atoms with E-state index < -0.39 is 0 Å². The number of halogens is 2. The van der Waals surface area contributed by atoms with Gasteiger partial charge in [0.05, 0.1) is 28.7 Å². The topological polar surface area (TPSA) is 94.8 Å². The van der Waals surface area contributed by atoms with E-state index in [-0.39, 0.29) is 24.0 Å². The van der Waals surface area contributed by atoms with E-state index in [0.717, 1.165) is 25.7 Å². The van der Waals surface area contributed by atoms with Crippen molar-refractivity contribution in [3.05, 3.63) is 91.9 Å². The lowest BCUT2D eigenvalue weighted by Crippen LogP contribution is -2.25. The van der Waals surface area contributed by atoms with Gasteiger partial charge in [0.1, 0.15) is 5.82 Å².